The first-order chi connectivity index (χ1) is 15.7. The van der Waals surface area contributed by atoms with Gasteiger partial charge in [-0.05, 0) is 61.8 Å². The molecule has 0 saturated heterocycles. The molecule has 0 aromatic heterocycles. The Hall–Kier alpha value is -1.92. The minimum atomic E-state index is 0.0209. The molecule has 0 radical (unpaired) electrons. The Bertz CT molecular complexity index is 908. The van der Waals surface area contributed by atoms with E-state index in [0.717, 1.165) is 50.0 Å². The van der Waals surface area contributed by atoms with Crippen molar-refractivity contribution in [3.63, 3.8) is 0 Å². The van der Waals surface area contributed by atoms with Crippen LogP contribution in [0.3, 0.4) is 0 Å². The summed E-state index contributed by atoms with van der Waals surface area (Å²) in [6.45, 7) is 0. The number of carbonyl (C=O) groups is 2. The smallest absolute Gasteiger partial charge is 0.223 e. The number of hydrogen-bond donors (Lipinski definition) is 2. The minimum absolute atomic E-state index is 0.0209. The second kappa shape index (κ2) is 9.92. The van der Waals surface area contributed by atoms with Crippen LogP contribution in [-0.2, 0) is 9.59 Å². The van der Waals surface area contributed by atoms with Crippen LogP contribution < -0.4 is 10.6 Å². The normalized spacial score (nSPS) is 27.0. The van der Waals surface area contributed by atoms with Gasteiger partial charge in [0.25, 0.3) is 0 Å². The minimum Gasteiger partial charge on any atom is -0.349 e. The van der Waals surface area contributed by atoms with E-state index in [1.54, 1.807) is 0 Å². The van der Waals surface area contributed by atoms with Crippen molar-refractivity contribution in [2.24, 2.45) is 11.8 Å². The van der Waals surface area contributed by atoms with Gasteiger partial charge < -0.3 is 10.6 Å². The molecule has 0 spiro atoms. The summed E-state index contributed by atoms with van der Waals surface area (Å²) in [5.41, 5.74) is 2.49. The lowest BCUT2D eigenvalue weighted by molar-refractivity contribution is -0.131. The summed E-state index contributed by atoms with van der Waals surface area (Å²) in [5, 5.41) is 6.62. The SMILES string of the molecule is O=C(N[C@@H]1CCSc2ccccc21)C1CCC(C(=O)N[C@@H]2CCSc3ccccc32)CC1. The summed E-state index contributed by atoms with van der Waals surface area (Å²) in [7, 11) is 0. The Labute approximate surface area is 198 Å². The van der Waals surface area contributed by atoms with Crippen molar-refractivity contribution < 1.29 is 9.59 Å². The van der Waals surface area contributed by atoms with E-state index >= 15 is 0 Å². The van der Waals surface area contributed by atoms with Crippen molar-refractivity contribution >= 4 is 35.3 Å². The molecule has 0 bridgehead atoms. The van der Waals surface area contributed by atoms with Crippen LogP contribution in [0.1, 0.15) is 61.7 Å². The monoisotopic (exact) mass is 466 g/mol. The Kier molecular flexibility index (Phi) is 6.79. The van der Waals surface area contributed by atoms with Crippen molar-refractivity contribution in [2.45, 2.75) is 60.4 Å². The average Bonchev–Trinajstić information content (AvgIpc) is 2.84. The highest BCUT2D eigenvalue weighted by atomic mass is 32.2. The van der Waals surface area contributed by atoms with Crippen molar-refractivity contribution in [1.29, 1.82) is 0 Å². The first-order valence-electron chi connectivity index (χ1n) is 11.7. The van der Waals surface area contributed by atoms with Gasteiger partial charge >= 0.3 is 0 Å². The first kappa shape index (κ1) is 21.9. The molecule has 2 heterocycles. The first-order valence-corrected chi connectivity index (χ1v) is 13.7. The third-order valence-corrected chi connectivity index (χ3v) is 9.26. The lowest BCUT2D eigenvalue weighted by Gasteiger charge is -2.32. The van der Waals surface area contributed by atoms with Crippen LogP contribution in [0.4, 0.5) is 0 Å². The number of hydrogen-bond acceptors (Lipinski definition) is 4. The van der Waals surface area contributed by atoms with Crippen LogP contribution in [0.25, 0.3) is 0 Å². The van der Waals surface area contributed by atoms with Gasteiger partial charge in [0, 0.05) is 33.1 Å². The topological polar surface area (TPSA) is 58.2 Å². The molecule has 5 rings (SSSR count). The van der Waals surface area contributed by atoms with Gasteiger partial charge in [-0.25, -0.2) is 0 Å². The lowest BCUT2D eigenvalue weighted by Crippen LogP contribution is -2.40. The van der Waals surface area contributed by atoms with Gasteiger partial charge in [0.1, 0.15) is 0 Å². The lowest BCUT2D eigenvalue weighted by atomic mass is 9.80. The Balaban J connectivity index is 1.14. The zero-order valence-electron chi connectivity index (χ0n) is 18.2. The predicted octanol–water partition coefficient (Wildman–Crippen LogP) is 5.50. The Morgan fingerprint density at radius 3 is 1.47 bits per heavy atom. The standard InChI is InChI=1S/C26H30N2O2S2/c29-25(27-21-13-15-31-23-7-3-1-5-19(21)23)17-9-11-18(12-10-17)26(30)28-22-14-16-32-24-8-4-2-6-20(22)24/h1-8,17-18,21-22H,9-16H2,(H,27,29)(H,28,30)/t17?,18?,21-,22-/m1/s1. The molecule has 1 saturated carbocycles. The molecule has 0 unspecified atom stereocenters. The van der Waals surface area contributed by atoms with Crippen LogP contribution in [-0.4, -0.2) is 23.3 Å². The highest BCUT2D eigenvalue weighted by Gasteiger charge is 2.33. The number of nitrogens with one attached hydrogen (secondary N) is 2. The molecule has 168 valence electrons. The maximum Gasteiger partial charge on any atom is 0.223 e. The fourth-order valence-corrected chi connectivity index (χ4v) is 7.43. The average molecular weight is 467 g/mol. The van der Waals surface area contributed by atoms with Crippen LogP contribution in [0.5, 0.6) is 0 Å². The van der Waals surface area contributed by atoms with Gasteiger partial charge in [0.15, 0.2) is 0 Å². The summed E-state index contributed by atoms with van der Waals surface area (Å²) < 4.78 is 0. The Morgan fingerprint density at radius 1 is 0.625 bits per heavy atom. The molecule has 2 aromatic rings. The zero-order valence-corrected chi connectivity index (χ0v) is 19.9. The molecular weight excluding hydrogens is 436 g/mol. The number of thioether (sulfide) groups is 2. The summed E-state index contributed by atoms with van der Waals surface area (Å²) in [4.78, 5) is 28.5. The number of carbonyl (C=O) groups excluding carboxylic acids is 2. The molecule has 2 aromatic carbocycles. The molecular formula is C26H30N2O2S2. The van der Waals surface area contributed by atoms with Crippen LogP contribution >= 0.6 is 23.5 Å². The summed E-state index contributed by atoms with van der Waals surface area (Å²) in [5.74, 6) is 2.44. The molecule has 2 amide bonds. The highest BCUT2D eigenvalue weighted by molar-refractivity contribution is 7.99. The molecule has 32 heavy (non-hydrogen) atoms. The summed E-state index contributed by atoms with van der Waals surface area (Å²) in [6.07, 6.45) is 5.14. The van der Waals surface area contributed by atoms with E-state index in [2.05, 4.69) is 59.2 Å². The van der Waals surface area contributed by atoms with Crippen LogP contribution in [0.15, 0.2) is 58.3 Å². The van der Waals surface area contributed by atoms with E-state index in [4.69, 9.17) is 0 Å². The van der Waals surface area contributed by atoms with E-state index in [9.17, 15) is 9.59 Å². The van der Waals surface area contributed by atoms with Crippen molar-refractivity contribution in [1.82, 2.24) is 10.6 Å². The van der Waals surface area contributed by atoms with E-state index in [1.165, 1.54) is 20.9 Å². The van der Waals surface area contributed by atoms with Gasteiger partial charge in [-0.3, -0.25) is 9.59 Å². The van der Waals surface area contributed by atoms with E-state index in [-0.39, 0.29) is 35.7 Å². The van der Waals surface area contributed by atoms with Gasteiger partial charge in [0.05, 0.1) is 12.1 Å². The second-order valence-electron chi connectivity index (χ2n) is 9.02. The van der Waals surface area contributed by atoms with Crippen LogP contribution in [0.2, 0.25) is 0 Å². The predicted molar refractivity (Wildman–Crippen MR) is 131 cm³/mol. The fourth-order valence-electron chi connectivity index (χ4n) is 5.18. The van der Waals surface area contributed by atoms with E-state index in [1.807, 2.05) is 23.5 Å². The molecule has 2 N–H and O–H groups in total. The number of rotatable bonds is 4. The maximum absolute atomic E-state index is 13.0. The maximum atomic E-state index is 13.0. The van der Waals surface area contributed by atoms with Gasteiger partial charge in [-0.2, -0.15) is 0 Å². The van der Waals surface area contributed by atoms with Crippen molar-refractivity contribution in [2.75, 3.05) is 11.5 Å². The molecule has 2 atom stereocenters. The molecule has 3 aliphatic rings. The van der Waals surface area contributed by atoms with Crippen LogP contribution in [0, 0.1) is 11.8 Å². The van der Waals surface area contributed by atoms with Crippen molar-refractivity contribution in [3.05, 3.63) is 59.7 Å². The second-order valence-corrected chi connectivity index (χ2v) is 11.3. The van der Waals surface area contributed by atoms with E-state index in [0.29, 0.717) is 0 Å². The van der Waals surface area contributed by atoms with Crippen molar-refractivity contribution in [3.8, 4) is 0 Å². The highest BCUT2D eigenvalue weighted by Crippen LogP contribution is 2.38. The van der Waals surface area contributed by atoms with Gasteiger partial charge in [-0.15, -0.1) is 23.5 Å². The fraction of sp³-hybridized carbons (Fsp3) is 0.462. The number of fused-ring (bicyclic) bond motifs is 2. The molecule has 6 heteroatoms. The Morgan fingerprint density at radius 2 is 1.03 bits per heavy atom. The molecule has 1 aliphatic carbocycles. The molecule has 1 fully saturated rings. The zero-order chi connectivity index (χ0) is 21.9. The quantitative estimate of drug-likeness (QED) is 0.625. The summed E-state index contributed by atoms with van der Waals surface area (Å²) in [6, 6.07) is 17.0. The largest absolute Gasteiger partial charge is 0.349 e. The van der Waals surface area contributed by atoms with Gasteiger partial charge in [-0.1, -0.05) is 36.4 Å². The number of amides is 2. The van der Waals surface area contributed by atoms with Gasteiger partial charge in [0.2, 0.25) is 11.8 Å². The molecule has 2 aliphatic heterocycles. The summed E-state index contributed by atoms with van der Waals surface area (Å²) >= 11 is 3.74. The number of benzene rings is 2. The van der Waals surface area contributed by atoms with E-state index < -0.39 is 0 Å². The molecule has 4 nitrogen and oxygen atoms in total. The third kappa shape index (κ3) is 4.72. The third-order valence-electron chi connectivity index (χ3n) is 7.02.